The number of nitrogens with one attached hydrogen (secondary N) is 1. The zero-order valence-corrected chi connectivity index (χ0v) is 13.2. The number of rotatable bonds is 4. The van der Waals surface area contributed by atoms with Crippen molar-refractivity contribution in [2.75, 3.05) is 11.9 Å². The fraction of sp³-hybridized carbons (Fsp3) is 0.133. The molecule has 2 aromatic rings. The molecule has 1 amide bonds. The Morgan fingerprint density at radius 1 is 1.25 bits per heavy atom. The number of hydrogen-bond acceptors (Lipinski definition) is 2. The van der Waals surface area contributed by atoms with Gasteiger partial charge in [0.1, 0.15) is 5.75 Å². The monoisotopic (exact) mass is 353 g/mol. The Labute approximate surface area is 131 Å². The molecule has 0 aromatic heterocycles. The van der Waals surface area contributed by atoms with Gasteiger partial charge in [-0.25, -0.2) is 0 Å². The Hall–Kier alpha value is -1.52. The highest BCUT2D eigenvalue weighted by molar-refractivity contribution is 9.10. The second-order valence-corrected chi connectivity index (χ2v) is 5.39. The second-order valence-electron chi connectivity index (χ2n) is 4.03. The van der Waals surface area contributed by atoms with Crippen molar-refractivity contribution in [3.05, 3.63) is 57.5 Å². The van der Waals surface area contributed by atoms with Crippen LogP contribution in [0.25, 0.3) is 0 Å². The Bertz CT molecular complexity index is 614. The van der Waals surface area contributed by atoms with Gasteiger partial charge in [0.25, 0.3) is 5.91 Å². The predicted molar refractivity (Wildman–Crippen MR) is 84.7 cm³/mol. The minimum atomic E-state index is -0.225. The standard InChI is InChI=1S/C15H13BrClNO2/c1-2-20-14-8-3-10(16)9-13(14)15(19)18-12-6-4-11(17)5-7-12/h3-9H,2H2,1H3,(H,18,19). The lowest BCUT2D eigenvalue weighted by molar-refractivity contribution is 0.102. The van der Waals surface area contributed by atoms with Gasteiger partial charge in [-0.2, -0.15) is 0 Å². The van der Waals surface area contributed by atoms with Crippen LogP contribution in [0.2, 0.25) is 5.02 Å². The first kappa shape index (κ1) is 14.9. The van der Waals surface area contributed by atoms with E-state index in [2.05, 4.69) is 21.2 Å². The molecule has 0 radical (unpaired) electrons. The summed E-state index contributed by atoms with van der Waals surface area (Å²) in [5, 5.41) is 3.44. The average Bonchev–Trinajstić information content (AvgIpc) is 2.43. The number of carbonyl (C=O) groups is 1. The molecule has 0 bridgehead atoms. The Morgan fingerprint density at radius 2 is 1.95 bits per heavy atom. The molecule has 2 rings (SSSR count). The third-order valence-corrected chi connectivity index (χ3v) is 3.33. The van der Waals surface area contributed by atoms with Gasteiger partial charge in [0, 0.05) is 15.2 Å². The summed E-state index contributed by atoms with van der Waals surface area (Å²) in [4.78, 5) is 12.3. The molecule has 2 aromatic carbocycles. The molecule has 104 valence electrons. The van der Waals surface area contributed by atoms with Gasteiger partial charge in [0.05, 0.1) is 12.2 Å². The Balaban J connectivity index is 2.23. The van der Waals surface area contributed by atoms with Crippen LogP contribution in [-0.4, -0.2) is 12.5 Å². The highest BCUT2D eigenvalue weighted by Gasteiger charge is 2.13. The van der Waals surface area contributed by atoms with Crippen LogP contribution < -0.4 is 10.1 Å². The largest absolute Gasteiger partial charge is 0.493 e. The number of benzene rings is 2. The maximum Gasteiger partial charge on any atom is 0.259 e. The van der Waals surface area contributed by atoms with Crippen LogP contribution in [-0.2, 0) is 0 Å². The van der Waals surface area contributed by atoms with E-state index < -0.39 is 0 Å². The van der Waals surface area contributed by atoms with Gasteiger partial charge in [-0.1, -0.05) is 27.5 Å². The Kier molecular flexibility index (Phi) is 5.04. The molecule has 0 saturated carbocycles. The van der Waals surface area contributed by atoms with Crippen LogP contribution in [0.4, 0.5) is 5.69 Å². The normalized spacial score (nSPS) is 10.2. The van der Waals surface area contributed by atoms with Gasteiger partial charge in [-0.05, 0) is 49.4 Å². The highest BCUT2D eigenvalue weighted by atomic mass is 79.9. The molecule has 0 unspecified atom stereocenters. The van der Waals surface area contributed by atoms with Crippen molar-refractivity contribution in [1.82, 2.24) is 0 Å². The molecule has 0 spiro atoms. The number of hydrogen-bond donors (Lipinski definition) is 1. The SMILES string of the molecule is CCOc1ccc(Br)cc1C(=O)Nc1ccc(Cl)cc1. The van der Waals surface area contributed by atoms with Crippen molar-refractivity contribution >= 4 is 39.1 Å². The van der Waals surface area contributed by atoms with Crippen molar-refractivity contribution < 1.29 is 9.53 Å². The molecule has 0 atom stereocenters. The van der Waals surface area contributed by atoms with E-state index in [0.29, 0.717) is 28.6 Å². The first-order valence-electron chi connectivity index (χ1n) is 6.09. The summed E-state index contributed by atoms with van der Waals surface area (Å²) >= 11 is 9.17. The van der Waals surface area contributed by atoms with E-state index in [1.807, 2.05) is 13.0 Å². The van der Waals surface area contributed by atoms with E-state index >= 15 is 0 Å². The van der Waals surface area contributed by atoms with Crippen molar-refractivity contribution in [2.45, 2.75) is 6.92 Å². The molecule has 20 heavy (non-hydrogen) atoms. The Morgan fingerprint density at radius 3 is 2.60 bits per heavy atom. The van der Waals surface area contributed by atoms with E-state index in [1.165, 1.54) is 0 Å². The lowest BCUT2D eigenvalue weighted by Crippen LogP contribution is -2.13. The summed E-state index contributed by atoms with van der Waals surface area (Å²) in [6.45, 7) is 2.38. The summed E-state index contributed by atoms with van der Waals surface area (Å²) < 4.78 is 6.29. The van der Waals surface area contributed by atoms with Gasteiger partial charge in [-0.3, -0.25) is 4.79 Å². The van der Waals surface area contributed by atoms with Crippen molar-refractivity contribution in [3.63, 3.8) is 0 Å². The summed E-state index contributed by atoms with van der Waals surface area (Å²) in [6.07, 6.45) is 0. The quantitative estimate of drug-likeness (QED) is 0.860. The van der Waals surface area contributed by atoms with Gasteiger partial charge >= 0.3 is 0 Å². The number of halogens is 2. The topological polar surface area (TPSA) is 38.3 Å². The van der Waals surface area contributed by atoms with E-state index in [1.54, 1.807) is 36.4 Å². The summed E-state index contributed by atoms with van der Waals surface area (Å²) in [5.41, 5.74) is 1.16. The molecule has 3 nitrogen and oxygen atoms in total. The molecule has 1 N–H and O–H groups in total. The van der Waals surface area contributed by atoms with Gasteiger partial charge < -0.3 is 10.1 Å². The lowest BCUT2D eigenvalue weighted by atomic mass is 10.2. The van der Waals surface area contributed by atoms with E-state index in [0.717, 1.165) is 4.47 Å². The third-order valence-electron chi connectivity index (χ3n) is 2.59. The van der Waals surface area contributed by atoms with Gasteiger partial charge in [-0.15, -0.1) is 0 Å². The number of amides is 1. The first-order valence-corrected chi connectivity index (χ1v) is 7.26. The molecular weight excluding hydrogens is 342 g/mol. The molecule has 0 aliphatic heterocycles. The summed E-state index contributed by atoms with van der Waals surface area (Å²) in [6, 6.07) is 12.3. The lowest BCUT2D eigenvalue weighted by Gasteiger charge is -2.11. The van der Waals surface area contributed by atoms with E-state index in [9.17, 15) is 4.79 Å². The zero-order valence-electron chi connectivity index (χ0n) is 10.8. The number of ether oxygens (including phenoxy) is 1. The zero-order chi connectivity index (χ0) is 14.5. The summed E-state index contributed by atoms with van der Waals surface area (Å²) in [5.74, 6) is 0.333. The van der Waals surface area contributed by atoms with Gasteiger partial charge in [0.2, 0.25) is 0 Å². The fourth-order valence-corrected chi connectivity index (χ4v) is 2.18. The molecule has 0 heterocycles. The smallest absolute Gasteiger partial charge is 0.259 e. The van der Waals surface area contributed by atoms with Crippen LogP contribution in [0, 0.1) is 0 Å². The van der Waals surface area contributed by atoms with E-state index in [4.69, 9.17) is 16.3 Å². The van der Waals surface area contributed by atoms with E-state index in [-0.39, 0.29) is 5.91 Å². The fourth-order valence-electron chi connectivity index (χ4n) is 1.69. The summed E-state index contributed by atoms with van der Waals surface area (Å²) in [7, 11) is 0. The van der Waals surface area contributed by atoms with Gasteiger partial charge in [0.15, 0.2) is 0 Å². The highest BCUT2D eigenvalue weighted by Crippen LogP contribution is 2.24. The molecular formula is C15H13BrClNO2. The molecule has 0 aliphatic carbocycles. The van der Waals surface area contributed by atoms with Crippen LogP contribution in [0.1, 0.15) is 17.3 Å². The second kappa shape index (κ2) is 6.77. The number of anilines is 1. The maximum absolute atomic E-state index is 12.3. The van der Waals surface area contributed by atoms with Crippen LogP contribution in [0.3, 0.4) is 0 Å². The number of carbonyl (C=O) groups excluding carboxylic acids is 1. The maximum atomic E-state index is 12.3. The van der Waals surface area contributed by atoms with Crippen molar-refractivity contribution in [1.29, 1.82) is 0 Å². The third kappa shape index (κ3) is 3.74. The predicted octanol–water partition coefficient (Wildman–Crippen LogP) is 4.75. The van der Waals surface area contributed by atoms with Crippen LogP contribution in [0.5, 0.6) is 5.75 Å². The van der Waals surface area contributed by atoms with Crippen molar-refractivity contribution in [3.8, 4) is 5.75 Å². The minimum Gasteiger partial charge on any atom is -0.493 e. The molecule has 0 aliphatic rings. The van der Waals surface area contributed by atoms with Crippen LogP contribution in [0.15, 0.2) is 46.9 Å². The van der Waals surface area contributed by atoms with Crippen molar-refractivity contribution in [2.24, 2.45) is 0 Å². The average molecular weight is 355 g/mol. The molecule has 0 fully saturated rings. The van der Waals surface area contributed by atoms with Crippen LogP contribution >= 0.6 is 27.5 Å². The minimum absolute atomic E-state index is 0.225. The molecule has 5 heteroatoms. The molecule has 0 saturated heterocycles. The first-order chi connectivity index (χ1) is 9.60.